The second-order valence-corrected chi connectivity index (χ2v) is 13.1. The van der Waals surface area contributed by atoms with Crippen LogP contribution in [0.1, 0.15) is 27.8 Å². The first kappa shape index (κ1) is 41.6. The molecule has 0 saturated heterocycles. The van der Waals surface area contributed by atoms with E-state index in [2.05, 4.69) is 175 Å². The van der Waals surface area contributed by atoms with E-state index in [0.717, 1.165) is 5.56 Å². The van der Waals surface area contributed by atoms with E-state index >= 15 is 0 Å². The molecule has 0 bridgehead atoms. The Morgan fingerprint density at radius 2 is 0.774 bits per heavy atom. The molecule has 9 aromatic rings. The van der Waals surface area contributed by atoms with Crippen LogP contribution in [0.3, 0.4) is 0 Å². The van der Waals surface area contributed by atoms with Gasteiger partial charge in [0.1, 0.15) is 0 Å². The van der Waals surface area contributed by atoms with Crippen molar-refractivity contribution >= 4 is 74.8 Å². The molecule has 0 unspecified atom stereocenters. The second-order valence-electron chi connectivity index (χ2n) is 13.1. The number of fused-ring (bicyclic) bond motifs is 4. The molecule has 4 heteroatoms. The summed E-state index contributed by atoms with van der Waals surface area (Å²) in [4.78, 5) is 0. The van der Waals surface area contributed by atoms with Crippen LogP contribution >= 0.6 is 24.8 Å². The molecule has 0 aliphatic rings. The molecule has 0 heterocycles. The number of hydrogen-bond donors (Lipinski definition) is 0. The van der Waals surface area contributed by atoms with E-state index in [1.807, 2.05) is 30.3 Å². The van der Waals surface area contributed by atoms with Gasteiger partial charge in [0.05, 0.1) is 0 Å². The zero-order chi connectivity index (χ0) is 35.9. The predicted molar refractivity (Wildman–Crippen MR) is 235 cm³/mol. The predicted octanol–water partition coefficient (Wildman–Crippen LogP) is 14.3. The summed E-state index contributed by atoms with van der Waals surface area (Å²) in [6.45, 7) is 15.5. The quantitative estimate of drug-likeness (QED) is 0.120. The van der Waals surface area contributed by atoms with Crippen LogP contribution in [0.2, 0.25) is 0 Å². The normalized spacial score (nSPS) is 10.2. The molecule has 0 fully saturated rings. The molecule has 0 saturated carbocycles. The van der Waals surface area contributed by atoms with Gasteiger partial charge in [0.25, 0.3) is 0 Å². The first-order chi connectivity index (χ1) is 24.9. The van der Waals surface area contributed by atoms with E-state index in [4.69, 9.17) is 0 Å². The third-order valence-corrected chi connectivity index (χ3v) is 9.50. The average Bonchev–Trinajstić information content (AvgIpc) is 3.77. The van der Waals surface area contributed by atoms with Crippen LogP contribution in [0.25, 0.3) is 65.3 Å². The van der Waals surface area contributed by atoms with Crippen LogP contribution in [0.4, 0.5) is 0 Å². The van der Waals surface area contributed by atoms with Gasteiger partial charge < -0.3 is 0 Å². The van der Waals surface area contributed by atoms with Gasteiger partial charge in [-0.1, -0.05) is 142 Å². The van der Waals surface area contributed by atoms with Crippen molar-refractivity contribution in [2.45, 2.75) is 27.7 Å². The van der Waals surface area contributed by atoms with Crippen LogP contribution in [-0.4, -0.2) is 6.88 Å². The summed E-state index contributed by atoms with van der Waals surface area (Å²) in [6, 6.07) is 58.4. The fourth-order valence-electron chi connectivity index (χ4n) is 7.05. The third kappa shape index (κ3) is 9.32. The van der Waals surface area contributed by atoms with Crippen molar-refractivity contribution in [2.75, 3.05) is 0 Å². The van der Waals surface area contributed by atoms with Gasteiger partial charge in [0.2, 0.25) is 0 Å². The monoisotopic (exact) mass is 819 g/mol. The summed E-state index contributed by atoms with van der Waals surface area (Å²) < 4.78 is 0. The standard InChI is InChI=1S/2C21H17.C7H7.2ClH.Si.Zr/c2*1-14-12-20-15(2)10-11-19(21(20)13-14)18-9-5-7-16-6-3-4-8-17(16)18;1-7-5-3-2-4-6-7;;;;/h2*3-13H,1-2H3;2-6H,1H2;2*1H;;/q3*-1;;;;. The van der Waals surface area contributed by atoms with E-state index in [1.54, 1.807) is 0 Å². The Kier molecular flexibility index (Phi) is 15.1. The molecule has 0 aromatic heterocycles. The molecule has 0 aliphatic carbocycles. The van der Waals surface area contributed by atoms with E-state index in [9.17, 15) is 0 Å². The van der Waals surface area contributed by atoms with E-state index < -0.39 is 0 Å². The van der Waals surface area contributed by atoms with Crippen molar-refractivity contribution in [1.29, 1.82) is 0 Å². The van der Waals surface area contributed by atoms with Crippen molar-refractivity contribution in [2.24, 2.45) is 0 Å². The molecule has 53 heavy (non-hydrogen) atoms. The molecule has 0 N–H and O–H groups in total. The van der Waals surface area contributed by atoms with Crippen LogP contribution in [0, 0.1) is 34.6 Å². The van der Waals surface area contributed by atoms with Gasteiger partial charge in [-0.3, -0.25) is 0 Å². The van der Waals surface area contributed by atoms with Crippen molar-refractivity contribution in [3.8, 4) is 22.3 Å². The summed E-state index contributed by atoms with van der Waals surface area (Å²) in [5.74, 6) is 0. The maximum absolute atomic E-state index is 3.72. The summed E-state index contributed by atoms with van der Waals surface area (Å²) in [5.41, 5.74) is 11.8. The number of benzene rings is 7. The Labute approximate surface area is 344 Å². The van der Waals surface area contributed by atoms with E-state index in [-0.39, 0.29) is 24.8 Å². The Morgan fingerprint density at radius 1 is 0.415 bits per heavy atom. The zero-order valence-corrected chi connectivity index (χ0v) is 35.7. The molecule has 0 amide bonds. The van der Waals surface area contributed by atoms with Crippen molar-refractivity contribution in [3.63, 3.8) is 0 Å². The molecule has 0 atom stereocenters. The number of halogens is 2. The minimum absolute atomic E-state index is 0. The third-order valence-electron chi connectivity index (χ3n) is 9.50. The van der Waals surface area contributed by atoms with Crippen LogP contribution < -0.4 is 0 Å². The van der Waals surface area contributed by atoms with Gasteiger partial charge in [-0.15, -0.1) is 105 Å². The summed E-state index contributed by atoms with van der Waals surface area (Å²) >= 11 is 1.36. The van der Waals surface area contributed by atoms with Gasteiger partial charge in [0, 0.05) is 0 Å². The first-order valence-electron chi connectivity index (χ1n) is 17.3. The van der Waals surface area contributed by atoms with Crippen molar-refractivity contribution < 1.29 is 23.3 Å². The van der Waals surface area contributed by atoms with Crippen LogP contribution in [-0.2, 0) is 23.3 Å². The summed E-state index contributed by atoms with van der Waals surface area (Å²) in [7, 11) is 0. The van der Waals surface area contributed by atoms with Gasteiger partial charge in [0.15, 0.2) is 0 Å². The number of rotatable bonds is 2. The molecular weight excluding hydrogens is 779 g/mol. The molecular formula is C49H43Cl2SiZr-3. The van der Waals surface area contributed by atoms with Crippen LogP contribution in [0.15, 0.2) is 164 Å². The van der Waals surface area contributed by atoms with Crippen molar-refractivity contribution in [1.82, 2.24) is 0 Å². The van der Waals surface area contributed by atoms with Gasteiger partial charge in [-0.05, 0) is 32.7 Å². The van der Waals surface area contributed by atoms with Gasteiger partial charge in [-0.2, -0.15) is 36.8 Å². The second kappa shape index (κ2) is 19.2. The van der Waals surface area contributed by atoms with E-state index in [0.29, 0.717) is 0 Å². The minimum atomic E-state index is 0. The Hall–Kier alpha value is -4.17. The topological polar surface area (TPSA) is 0 Å². The fraction of sp³-hybridized carbons (Fsp3) is 0.0816. The van der Waals surface area contributed by atoms with Crippen molar-refractivity contribution in [3.05, 3.63) is 199 Å². The molecule has 0 spiro atoms. The molecule has 9 aromatic carbocycles. The molecule has 264 valence electrons. The zero-order valence-electron chi connectivity index (χ0n) is 30.6. The van der Waals surface area contributed by atoms with Gasteiger partial charge in [-0.25, -0.2) is 0 Å². The van der Waals surface area contributed by atoms with Gasteiger partial charge >= 0.3 is 30.2 Å². The molecule has 9 rings (SSSR count). The first-order valence-corrected chi connectivity index (χ1v) is 21.5. The molecule has 2 radical (unpaired) electrons. The fourth-order valence-corrected chi connectivity index (χ4v) is 7.05. The molecule has 0 aliphatic heterocycles. The Morgan fingerprint density at radius 3 is 1.17 bits per heavy atom. The number of hydrogen-bond acceptors (Lipinski definition) is 0. The maximum atomic E-state index is 3.72. The molecule has 0 nitrogen and oxygen atoms in total. The summed E-state index contributed by atoms with van der Waals surface area (Å²) in [6.07, 6.45) is 0. The average molecular weight is 822 g/mol. The Bertz CT molecular complexity index is 2410. The summed E-state index contributed by atoms with van der Waals surface area (Å²) in [5, 5.41) is 10.7. The Balaban J connectivity index is 0.000000187. The van der Waals surface area contributed by atoms with Crippen LogP contribution in [0.5, 0.6) is 0 Å². The van der Waals surface area contributed by atoms with E-state index in [1.165, 1.54) is 111 Å². The number of aryl methyl sites for hydroxylation is 4. The SMILES string of the molecule is Cc1cc2c(-c3cccc4ccccc34)ccc(C)c2[cH-]1.Cc1cc2c(-c3cccc4ccccc34)ccc(C)c2[cH-]1.Cl.Cl.[CH2-]c1ccccc1.[Si]=[Zr].